The molecule has 3 aliphatic rings. The van der Waals surface area contributed by atoms with Gasteiger partial charge in [0.05, 0.1) is 5.60 Å². The smallest absolute Gasteiger partial charge is 0.410 e. The summed E-state index contributed by atoms with van der Waals surface area (Å²) in [5, 5.41) is 20.6. The Bertz CT molecular complexity index is 1250. The lowest BCUT2D eigenvalue weighted by atomic mass is 9.81. The molecule has 34 heavy (non-hydrogen) atoms. The van der Waals surface area contributed by atoms with E-state index in [4.69, 9.17) is 4.74 Å². The first kappa shape index (κ1) is 20.9. The monoisotopic (exact) mass is 451 g/mol. The van der Waals surface area contributed by atoms with E-state index in [-0.39, 0.29) is 29.8 Å². The maximum Gasteiger partial charge on any atom is 0.410 e. The molecule has 2 unspecified atom stereocenters. The number of ether oxygens (including phenoxy) is 1. The molecule has 1 aromatic heterocycles. The van der Waals surface area contributed by atoms with Crippen LogP contribution in [0.25, 0.3) is 11.1 Å². The molecular formula is C28H25N3O3. The summed E-state index contributed by atoms with van der Waals surface area (Å²) in [4.78, 5) is 19.1. The molecule has 0 radical (unpaired) electrons. The number of carbonyl (C=O) groups excluding carboxylic acids is 1. The summed E-state index contributed by atoms with van der Waals surface area (Å²) in [6, 6.07) is 21.9. The van der Waals surface area contributed by atoms with E-state index in [1.807, 2.05) is 35.2 Å². The summed E-state index contributed by atoms with van der Waals surface area (Å²) in [6.45, 7) is 0.295. The molecule has 1 aliphatic carbocycles. The van der Waals surface area contributed by atoms with Crippen LogP contribution in [-0.2, 0) is 10.3 Å². The van der Waals surface area contributed by atoms with Gasteiger partial charge in [-0.05, 0) is 52.8 Å². The van der Waals surface area contributed by atoms with Crippen LogP contribution < -0.4 is 0 Å². The van der Waals surface area contributed by atoms with Crippen LogP contribution in [0.15, 0.2) is 66.9 Å². The van der Waals surface area contributed by atoms with Gasteiger partial charge in [0, 0.05) is 37.0 Å². The molecule has 0 saturated carbocycles. The van der Waals surface area contributed by atoms with Crippen LogP contribution in [-0.4, -0.2) is 39.8 Å². The first-order chi connectivity index (χ1) is 16.6. The number of nitrogens with zero attached hydrogens (tertiary/aromatic N) is 3. The maximum atomic E-state index is 13.3. The molecule has 2 bridgehead atoms. The van der Waals surface area contributed by atoms with Gasteiger partial charge >= 0.3 is 6.09 Å². The molecule has 1 N–H and O–H groups in total. The van der Waals surface area contributed by atoms with E-state index in [0.717, 1.165) is 12.8 Å². The van der Waals surface area contributed by atoms with Crippen molar-refractivity contribution in [2.75, 3.05) is 6.61 Å². The van der Waals surface area contributed by atoms with E-state index in [1.54, 1.807) is 18.3 Å². The normalized spacial score (nSPS) is 24.9. The van der Waals surface area contributed by atoms with E-state index in [9.17, 15) is 15.2 Å². The molecule has 0 spiro atoms. The number of fused-ring (bicyclic) bond motifs is 5. The molecule has 2 aliphatic heterocycles. The van der Waals surface area contributed by atoms with Gasteiger partial charge in [-0.2, -0.15) is 5.26 Å². The first-order valence-corrected chi connectivity index (χ1v) is 11.8. The molecule has 2 atom stereocenters. The highest BCUT2D eigenvalue weighted by molar-refractivity contribution is 5.79. The zero-order chi connectivity index (χ0) is 23.3. The fraction of sp³-hybridized carbons (Fsp3) is 0.321. The van der Waals surface area contributed by atoms with E-state index < -0.39 is 5.60 Å². The standard InChI is InChI=1S/C28H25N3O3/c29-16-19-13-18(11-12-30-19)28(33)14-20-9-10-21(15-28)31(20)27(32)34-17-26-24-7-3-1-5-22(24)23-6-2-4-8-25(23)26/h1-8,11-13,20-21,26,33H,9-10,14-15,17H2. The molecule has 6 nitrogen and oxygen atoms in total. The quantitative estimate of drug-likeness (QED) is 0.623. The maximum absolute atomic E-state index is 13.3. The van der Waals surface area contributed by atoms with Crippen LogP contribution in [0.3, 0.4) is 0 Å². The highest BCUT2D eigenvalue weighted by atomic mass is 16.6. The van der Waals surface area contributed by atoms with Crippen molar-refractivity contribution in [3.05, 3.63) is 89.2 Å². The Hall–Kier alpha value is -3.69. The Morgan fingerprint density at radius 3 is 2.29 bits per heavy atom. The van der Waals surface area contributed by atoms with Crippen LogP contribution in [0.1, 0.15) is 54.0 Å². The summed E-state index contributed by atoms with van der Waals surface area (Å²) >= 11 is 0. The highest BCUT2D eigenvalue weighted by Crippen LogP contribution is 2.47. The van der Waals surface area contributed by atoms with Gasteiger partial charge in [-0.25, -0.2) is 9.78 Å². The molecule has 1 amide bonds. The SMILES string of the molecule is N#Cc1cc(C2(O)CC3CCC(C2)N3C(=O)OCC2c3ccccc3-c3ccccc32)ccn1. The topological polar surface area (TPSA) is 86.5 Å². The second-order valence-electron chi connectivity index (χ2n) is 9.58. The third-order valence-electron chi connectivity index (χ3n) is 7.73. The number of amides is 1. The molecular weight excluding hydrogens is 426 g/mol. The summed E-state index contributed by atoms with van der Waals surface area (Å²) in [5.41, 5.74) is 4.71. The number of hydrogen-bond donors (Lipinski definition) is 1. The second kappa shape index (κ2) is 7.96. The lowest BCUT2D eigenvalue weighted by Gasteiger charge is -2.43. The number of benzene rings is 2. The number of rotatable bonds is 3. The Morgan fingerprint density at radius 1 is 1.06 bits per heavy atom. The Labute approximate surface area is 198 Å². The molecule has 6 rings (SSSR count). The number of carbonyl (C=O) groups is 1. The second-order valence-corrected chi connectivity index (χ2v) is 9.58. The Balaban J connectivity index is 1.19. The minimum Gasteiger partial charge on any atom is -0.448 e. The van der Waals surface area contributed by atoms with E-state index in [0.29, 0.717) is 25.0 Å². The van der Waals surface area contributed by atoms with Crippen molar-refractivity contribution in [1.29, 1.82) is 5.26 Å². The van der Waals surface area contributed by atoms with Crippen molar-refractivity contribution in [3.63, 3.8) is 0 Å². The molecule has 6 heteroatoms. The van der Waals surface area contributed by atoms with Crippen molar-refractivity contribution < 1.29 is 14.6 Å². The van der Waals surface area contributed by atoms with Crippen LogP contribution in [0.4, 0.5) is 4.79 Å². The van der Waals surface area contributed by atoms with Gasteiger partial charge in [-0.15, -0.1) is 0 Å². The fourth-order valence-electron chi connectivity index (χ4n) is 6.21. The zero-order valence-electron chi connectivity index (χ0n) is 18.7. The summed E-state index contributed by atoms with van der Waals surface area (Å²) in [6.07, 6.45) is 3.81. The average Bonchev–Trinajstić information content (AvgIpc) is 3.34. The van der Waals surface area contributed by atoms with Gasteiger partial charge in [-0.1, -0.05) is 48.5 Å². The third kappa shape index (κ3) is 3.27. The lowest BCUT2D eigenvalue weighted by Crippen LogP contribution is -2.52. The number of nitriles is 1. The van der Waals surface area contributed by atoms with Crippen LogP contribution in [0.2, 0.25) is 0 Å². The van der Waals surface area contributed by atoms with E-state index >= 15 is 0 Å². The van der Waals surface area contributed by atoms with E-state index in [1.165, 1.54) is 22.3 Å². The van der Waals surface area contributed by atoms with Crippen LogP contribution >= 0.6 is 0 Å². The number of piperidine rings is 1. The van der Waals surface area contributed by atoms with Crippen molar-refractivity contribution in [1.82, 2.24) is 9.88 Å². The highest BCUT2D eigenvalue weighted by Gasteiger charge is 2.51. The van der Waals surface area contributed by atoms with Gasteiger partial charge in [-0.3, -0.25) is 0 Å². The van der Waals surface area contributed by atoms with Gasteiger partial charge in [0.1, 0.15) is 18.4 Å². The van der Waals surface area contributed by atoms with Crippen molar-refractivity contribution >= 4 is 6.09 Å². The minimum atomic E-state index is -1.07. The molecule has 170 valence electrons. The molecule has 2 fully saturated rings. The predicted molar refractivity (Wildman–Crippen MR) is 126 cm³/mol. The van der Waals surface area contributed by atoms with Gasteiger partial charge in [0.2, 0.25) is 0 Å². The third-order valence-corrected chi connectivity index (χ3v) is 7.73. The Morgan fingerprint density at radius 2 is 1.68 bits per heavy atom. The minimum absolute atomic E-state index is 0.0250. The predicted octanol–water partition coefficient (Wildman–Crippen LogP) is 4.72. The zero-order valence-corrected chi connectivity index (χ0v) is 18.7. The molecule has 2 saturated heterocycles. The van der Waals surface area contributed by atoms with Gasteiger partial charge in [0.15, 0.2) is 0 Å². The number of pyridine rings is 1. The van der Waals surface area contributed by atoms with Crippen LogP contribution in [0.5, 0.6) is 0 Å². The van der Waals surface area contributed by atoms with E-state index in [2.05, 4.69) is 29.2 Å². The largest absolute Gasteiger partial charge is 0.448 e. The lowest BCUT2D eigenvalue weighted by molar-refractivity contribution is -0.0531. The summed E-state index contributed by atoms with van der Waals surface area (Å²) < 4.78 is 5.92. The number of aliphatic hydroxyl groups is 1. The molecule has 3 aromatic rings. The van der Waals surface area contributed by atoms with Crippen LogP contribution in [0, 0.1) is 11.3 Å². The molecule has 3 heterocycles. The fourth-order valence-corrected chi connectivity index (χ4v) is 6.21. The van der Waals surface area contributed by atoms with Gasteiger partial charge < -0.3 is 14.7 Å². The summed E-state index contributed by atoms with van der Waals surface area (Å²) in [7, 11) is 0. The number of hydrogen-bond acceptors (Lipinski definition) is 5. The van der Waals surface area contributed by atoms with Crippen molar-refractivity contribution in [2.45, 2.75) is 49.3 Å². The van der Waals surface area contributed by atoms with Gasteiger partial charge in [0.25, 0.3) is 0 Å². The van der Waals surface area contributed by atoms with Crippen molar-refractivity contribution in [3.8, 4) is 17.2 Å². The number of aromatic nitrogens is 1. The first-order valence-electron chi connectivity index (χ1n) is 11.8. The average molecular weight is 452 g/mol. The Kier molecular flexibility index (Phi) is 4.89. The summed E-state index contributed by atoms with van der Waals surface area (Å²) in [5.74, 6) is 0.0250. The van der Waals surface area contributed by atoms with Crippen molar-refractivity contribution in [2.24, 2.45) is 0 Å². The molecule has 2 aromatic carbocycles.